The van der Waals surface area contributed by atoms with Crippen LogP contribution in [0.15, 0.2) is 55.1 Å². The van der Waals surface area contributed by atoms with E-state index in [1.54, 1.807) is 24.5 Å². The molecular formula is C23H18ClF2N5O3. The Labute approximate surface area is 197 Å². The number of carbonyl (C=O) groups is 1. The van der Waals surface area contributed by atoms with Crippen molar-refractivity contribution >= 4 is 34.2 Å². The van der Waals surface area contributed by atoms with E-state index in [1.807, 2.05) is 6.92 Å². The fourth-order valence-electron chi connectivity index (χ4n) is 3.98. The van der Waals surface area contributed by atoms with Gasteiger partial charge in [-0.3, -0.25) is 4.79 Å². The number of ether oxygens (including phenoxy) is 2. The summed E-state index contributed by atoms with van der Waals surface area (Å²) in [6.07, 6.45) is 4.80. The summed E-state index contributed by atoms with van der Waals surface area (Å²) in [5.74, 6) is 0.244. The molecule has 174 valence electrons. The molecular weight excluding hydrogens is 468 g/mol. The number of carbonyl (C=O) groups excluding carboxylic acids is 1. The largest absolute Gasteiger partial charge is 0.487 e. The second-order valence-corrected chi connectivity index (χ2v) is 8.25. The molecule has 0 bridgehead atoms. The van der Waals surface area contributed by atoms with Gasteiger partial charge >= 0.3 is 5.57 Å². The minimum absolute atomic E-state index is 0.0675. The summed E-state index contributed by atoms with van der Waals surface area (Å²) in [6.45, 7) is 2.98. The first-order chi connectivity index (χ1) is 16.3. The normalized spacial score (nSPS) is 15.7. The highest BCUT2D eigenvalue weighted by Gasteiger charge is 2.28. The Kier molecular flexibility index (Phi) is 5.62. The van der Waals surface area contributed by atoms with Gasteiger partial charge in [0.05, 0.1) is 23.7 Å². The molecule has 0 saturated carbocycles. The molecule has 1 aliphatic heterocycles. The van der Waals surface area contributed by atoms with Crippen LogP contribution in [0.1, 0.15) is 29.1 Å². The molecule has 0 fully saturated rings. The third-order valence-corrected chi connectivity index (χ3v) is 5.45. The number of amides is 1. The van der Waals surface area contributed by atoms with Crippen molar-refractivity contribution in [2.75, 3.05) is 11.9 Å². The van der Waals surface area contributed by atoms with Crippen molar-refractivity contribution in [1.82, 2.24) is 19.5 Å². The Bertz CT molecular complexity index is 1360. The first kappa shape index (κ1) is 22.2. The van der Waals surface area contributed by atoms with Crippen LogP contribution in [-0.2, 0) is 11.3 Å². The van der Waals surface area contributed by atoms with Crippen LogP contribution < -0.4 is 10.1 Å². The molecule has 1 N–H and O–H groups in total. The summed E-state index contributed by atoms with van der Waals surface area (Å²) in [5, 5.41) is 2.76. The molecule has 1 aliphatic rings. The zero-order chi connectivity index (χ0) is 23.9. The van der Waals surface area contributed by atoms with E-state index < -0.39 is 11.5 Å². The first-order valence-electron chi connectivity index (χ1n) is 10.3. The maximum absolute atomic E-state index is 13.1. The molecule has 34 heavy (non-hydrogen) atoms. The van der Waals surface area contributed by atoms with E-state index in [9.17, 15) is 13.6 Å². The Morgan fingerprint density at radius 3 is 2.68 bits per heavy atom. The van der Waals surface area contributed by atoms with Crippen LogP contribution in [0.2, 0.25) is 0 Å². The van der Waals surface area contributed by atoms with Crippen molar-refractivity contribution < 1.29 is 23.0 Å². The molecule has 0 aliphatic carbocycles. The van der Waals surface area contributed by atoms with Crippen LogP contribution in [0.3, 0.4) is 0 Å². The van der Waals surface area contributed by atoms with Gasteiger partial charge in [0.25, 0.3) is 5.91 Å². The minimum atomic E-state index is -3.82. The Morgan fingerprint density at radius 1 is 1.24 bits per heavy atom. The highest BCUT2D eigenvalue weighted by atomic mass is 35.5. The van der Waals surface area contributed by atoms with Gasteiger partial charge in [-0.15, -0.1) is 8.78 Å². The summed E-state index contributed by atoms with van der Waals surface area (Å²) in [5.41, 5.74) is -0.0261. The standard InChI is InChI=1S/C23H18ClF2N5O3/c1-13-10-33-11-20-30-19-7-14(6-18(21(19)31(13)20)15-8-27-12-28-9-15)22(32)29-16-2-4-17(5-3-16)34-23(24,25)26/h2-9,12-13H,10-11H2,1H3,(H,29,32)/t13-/m0/s1. The Hall–Kier alpha value is -3.63. The predicted octanol–water partition coefficient (Wildman–Crippen LogP) is 5.00. The van der Waals surface area contributed by atoms with E-state index in [0.717, 1.165) is 22.5 Å². The average molecular weight is 486 g/mol. The number of halogens is 3. The van der Waals surface area contributed by atoms with Gasteiger partial charge in [0, 0.05) is 46.4 Å². The van der Waals surface area contributed by atoms with Gasteiger partial charge in [-0.05, 0) is 43.3 Å². The highest BCUT2D eigenvalue weighted by molar-refractivity contribution is 6.20. The molecule has 0 radical (unpaired) electrons. The lowest BCUT2D eigenvalue weighted by Crippen LogP contribution is -2.21. The van der Waals surface area contributed by atoms with E-state index in [1.165, 1.54) is 30.6 Å². The number of imidazole rings is 1. The van der Waals surface area contributed by atoms with E-state index in [4.69, 9.17) is 21.3 Å². The van der Waals surface area contributed by atoms with Crippen LogP contribution >= 0.6 is 11.6 Å². The summed E-state index contributed by atoms with van der Waals surface area (Å²) in [7, 11) is 0. The van der Waals surface area contributed by atoms with E-state index >= 15 is 0 Å². The predicted molar refractivity (Wildman–Crippen MR) is 121 cm³/mol. The Morgan fingerprint density at radius 2 is 1.97 bits per heavy atom. The van der Waals surface area contributed by atoms with Gasteiger partial charge in [0.1, 0.15) is 24.5 Å². The van der Waals surface area contributed by atoms with Crippen molar-refractivity contribution in [3.63, 3.8) is 0 Å². The van der Waals surface area contributed by atoms with Gasteiger partial charge in [0.2, 0.25) is 0 Å². The number of alkyl halides is 3. The molecule has 1 amide bonds. The maximum atomic E-state index is 13.1. The van der Waals surface area contributed by atoms with Crippen LogP contribution in [-0.4, -0.2) is 37.6 Å². The summed E-state index contributed by atoms with van der Waals surface area (Å²) in [6, 6.07) is 8.99. The number of aromatic nitrogens is 4. The number of hydrogen-bond donors (Lipinski definition) is 1. The maximum Gasteiger partial charge on any atom is 0.487 e. The third-order valence-electron chi connectivity index (χ3n) is 5.37. The zero-order valence-corrected chi connectivity index (χ0v) is 18.6. The molecule has 0 unspecified atom stereocenters. The molecule has 3 heterocycles. The number of rotatable bonds is 5. The van der Waals surface area contributed by atoms with Crippen molar-refractivity contribution in [1.29, 1.82) is 0 Å². The summed E-state index contributed by atoms with van der Waals surface area (Å²) < 4.78 is 37.6. The van der Waals surface area contributed by atoms with Gasteiger partial charge in [-0.1, -0.05) is 0 Å². The lowest BCUT2D eigenvalue weighted by molar-refractivity contribution is -0.0964. The van der Waals surface area contributed by atoms with Crippen LogP contribution in [0.4, 0.5) is 14.5 Å². The summed E-state index contributed by atoms with van der Waals surface area (Å²) in [4.78, 5) is 26.0. The number of hydrogen-bond acceptors (Lipinski definition) is 6. The number of benzene rings is 2. The summed E-state index contributed by atoms with van der Waals surface area (Å²) >= 11 is 4.78. The van der Waals surface area contributed by atoms with Crippen molar-refractivity contribution in [3.8, 4) is 16.9 Å². The molecule has 8 nitrogen and oxygen atoms in total. The third kappa shape index (κ3) is 4.42. The second kappa shape index (κ2) is 8.62. The van der Waals surface area contributed by atoms with Gasteiger partial charge in [0.15, 0.2) is 0 Å². The number of anilines is 1. The van der Waals surface area contributed by atoms with E-state index in [0.29, 0.717) is 30.0 Å². The molecule has 2 aromatic heterocycles. The second-order valence-electron chi connectivity index (χ2n) is 7.81. The topological polar surface area (TPSA) is 91.2 Å². The molecule has 11 heteroatoms. The lowest BCUT2D eigenvalue weighted by atomic mass is 10.0. The fraction of sp³-hybridized carbons (Fsp3) is 0.217. The number of nitrogens with zero attached hydrogens (tertiary/aromatic N) is 4. The molecule has 4 aromatic rings. The van der Waals surface area contributed by atoms with Gasteiger partial charge < -0.3 is 19.4 Å². The van der Waals surface area contributed by atoms with Crippen LogP contribution in [0.5, 0.6) is 5.75 Å². The first-order valence-corrected chi connectivity index (χ1v) is 10.7. The highest BCUT2D eigenvalue weighted by Crippen LogP contribution is 2.34. The van der Waals surface area contributed by atoms with Crippen LogP contribution in [0, 0.1) is 0 Å². The van der Waals surface area contributed by atoms with Crippen molar-refractivity contribution in [3.05, 3.63) is 66.5 Å². The van der Waals surface area contributed by atoms with E-state index in [2.05, 4.69) is 24.6 Å². The van der Waals surface area contributed by atoms with Gasteiger partial charge in [-0.25, -0.2) is 15.0 Å². The van der Waals surface area contributed by atoms with E-state index in [-0.39, 0.29) is 11.8 Å². The lowest BCUT2D eigenvalue weighted by Gasteiger charge is -2.23. The molecule has 0 spiro atoms. The smallest absolute Gasteiger partial charge is 0.420 e. The number of fused-ring (bicyclic) bond motifs is 3. The molecule has 2 aromatic carbocycles. The molecule has 0 saturated heterocycles. The number of nitrogens with one attached hydrogen (secondary N) is 1. The Balaban J connectivity index is 1.52. The average Bonchev–Trinajstić information content (AvgIpc) is 3.19. The zero-order valence-electron chi connectivity index (χ0n) is 17.8. The monoisotopic (exact) mass is 485 g/mol. The van der Waals surface area contributed by atoms with Crippen molar-refractivity contribution in [2.45, 2.75) is 25.1 Å². The van der Waals surface area contributed by atoms with Crippen molar-refractivity contribution in [2.24, 2.45) is 0 Å². The molecule has 5 rings (SSSR count). The molecule has 1 atom stereocenters. The fourth-order valence-corrected chi connectivity index (χ4v) is 4.07. The van der Waals surface area contributed by atoms with Gasteiger partial charge in [-0.2, -0.15) is 0 Å². The van der Waals surface area contributed by atoms with Crippen LogP contribution in [0.25, 0.3) is 22.2 Å². The SMILES string of the molecule is C[C@H]1COCc2nc3cc(C(=O)Nc4ccc(OC(F)(F)Cl)cc4)cc(-c4cncnc4)c3n21. The minimum Gasteiger partial charge on any atom is -0.420 e. The quantitative estimate of drug-likeness (QED) is 0.400.